The molecular weight excluding hydrogens is 385 g/mol. The first-order chi connectivity index (χ1) is 12.6. The Kier molecular flexibility index (Phi) is 5.24. The van der Waals surface area contributed by atoms with Crippen LogP contribution in [0.4, 0.5) is 18.3 Å². The first-order valence-electron chi connectivity index (χ1n) is 8.14. The molecule has 1 heterocycles. The molecule has 1 aromatic carbocycles. The SMILES string of the molecule is NC1(CC(=O)NCC(=O)Nc2nc3ccc(OC(F)(F)F)cc3s2)CCC1. The van der Waals surface area contributed by atoms with Gasteiger partial charge in [-0.3, -0.25) is 9.59 Å². The summed E-state index contributed by atoms with van der Waals surface area (Å²) < 4.78 is 41.1. The van der Waals surface area contributed by atoms with Crippen molar-refractivity contribution in [3.8, 4) is 5.75 Å². The number of hydrogen-bond donors (Lipinski definition) is 3. The van der Waals surface area contributed by atoms with Crippen LogP contribution in [0, 0.1) is 0 Å². The van der Waals surface area contributed by atoms with Gasteiger partial charge in [0, 0.05) is 18.0 Å². The number of alkyl halides is 3. The molecule has 0 aliphatic heterocycles. The first-order valence-corrected chi connectivity index (χ1v) is 8.95. The summed E-state index contributed by atoms with van der Waals surface area (Å²) in [5, 5.41) is 5.21. The van der Waals surface area contributed by atoms with Crippen LogP contribution in [0.15, 0.2) is 18.2 Å². The van der Waals surface area contributed by atoms with E-state index in [-0.39, 0.29) is 29.8 Å². The predicted molar refractivity (Wildman–Crippen MR) is 93.3 cm³/mol. The van der Waals surface area contributed by atoms with Crippen LogP contribution in [0.25, 0.3) is 10.2 Å². The number of aromatic nitrogens is 1. The number of benzene rings is 1. The average molecular weight is 402 g/mol. The van der Waals surface area contributed by atoms with E-state index in [2.05, 4.69) is 20.4 Å². The summed E-state index contributed by atoms with van der Waals surface area (Å²) in [5.74, 6) is -1.16. The van der Waals surface area contributed by atoms with Crippen LogP contribution < -0.4 is 21.1 Å². The third-order valence-corrected chi connectivity index (χ3v) is 5.08. The fraction of sp³-hybridized carbons (Fsp3) is 0.438. The number of carbonyl (C=O) groups is 2. The lowest BCUT2D eigenvalue weighted by Gasteiger charge is -2.37. The van der Waals surface area contributed by atoms with Gasteiger partial charge in [0.25, 0.3) is 0 Å². The van der Waals surface area contributed by atoms with Crippen LogP contribution in [0.3, 0.4) is 0 Å². The smallest absolute Gasteiger partial charge is 0.406 e. The number of ether oxygens (including phenoxy) is 1. The molecule has 0 bridgehead atoms. The van der Waals surface area contributed by atoms with Crippen molar-refractivity contribution in [2.45, 2.75) is 37.6 Å². The van der Waals surface area contributed by atoms with Gasteiger partial charge in [0.05, 0.1) is 16.8 Å². The highest BCUT2D eigenvalue weighted by Gasteiger charge is 2.34. The third-order valence-electron chi connectivity index (χ3n) is 4.15. The summed E-state index contributed by atoms with van der Waals surface area (Å²) in [6.07, 6.45) is -2.03. The first kappa shape index (κ1) is 19.4. The Morgan fingerprint density at radius 3 is 2.67 bits per heavy atom. The molecule has 2 amide bonds. The number of nitrogens with two attached hydrogens (primary N) is 1. The van der Waals surface area contributed by atoms with Gasteiger partial charge in [0.2, 0.25) is 11.8 Å². The Bertz CT molecular complexity index is 864. The number of halogens is 3. The van der Waals surface area contributed by atoms with Gasteiger partial charge in [-0.25, -0.2) is 4.98 Å². The lowest BCUT2D eigenvalue weighted by molar-refractivity contribution is -0.274. The lowest BCUT2D eigenvalue weighted by Crippen LogP contribution is -2.50. The lowest BCUT2D eigenvalue weighted by atomic mass is 9.75. The number of nitrogens with one attached hydrogen (secondary N) is 2. The van der Waals surface area contributed by atoms with Gasteiger partial charge in [0.15, 0.2) is 5.13 Å². The second-order valence-corrected chi connectivity index (χ2v) is 7.44. The number of anilines is 1. The molecule has 1 saturated carbocycles. The molecule has 0 atom stereocenters. The second-order valence-electron chi connectivity index (χ2n) is 6.41. The van der Waals surface area contributed by atoms with Crippen LogP contribution in [0.1, 0.15) is 25.7 Å². The van der Waals surface area contributed by atoms with Crippen molar-refractivity contribution in [1.82, 2.24) is 10.3 Å². The van der Waals surface area contributed by atoms with Crippen LogP contribution >= 0.6 is 11.3 Å². The molecule has 11 heteroatoms. The molecule has 1 aromatic heterocycles. The number of amides is 2. The van der Waals surface area contributed by atoms with Crippen LogP contribution in [0.5, 0.6) is 5.75 Å². The number of carbonyl (C=O) groups excluding carboxylic acids is 2. The molecule has 146 valence electrons. The molecule has 0 radical (unpaired) electrons. The van der Waals surface area contributed by atoms with Gasteiger partial charge in [-0.05, 0) is 31.4 Å². The number of thiazole rings is 1. The van der Waals surface area contributed by atoms with Gasteiger partial charge in [0.1, 0.15) is 5.75 Å². The molecule has 2 aromatic rings. The third kappa shape index (κ3) is 5.30. The normalized spacial score (nSPS) is 15.9. The molecule has 27 heavy (non-hydrogen) atoms. The van der Waals surface area contributed by atoms with E-state index in [0.717, 1.165) is 36.7 Å². The molecule has 7 nitrogen and oxygen atoms in total. The topological polar surface area (TPSA) is 106 Å². The fourth-order valence-corrected chi connectivity index (χ4v) is 3.60. The standard InChI is InChI=1S/C16H17F3N4O3S/c17-16(18,19)26-9-2-3-10-11(6-9)27-14(22-10)23-13(25)8-21-12(24)7-15(20)4-1-5-15/h2-3,6H,1,4-5,7-8,20H2,(H,21,24)(H,22,23,25). The number of fused-ring (bicyclic) bond motifs is 1. The van der Waals surface area contributed by atoms with E-state index in [1.807, 2.05) is 0 Å². The predicted octanol–water partition coefficient (Wildman–Crippen LogP) is 2.52. The van der Waals surface area contributed by atoms with Crippen molar-refractivity contribution in [2.24, 2.45) is 5.73 Å². The highest BCUT2D eigenvalue weighted by molar-refractivity contribution is 7.22. The highest BCUT2D eigenvalue weighted by Crippen LogP contribution is 2.32. The van der Waals surface area contributed by atoms with Crippen molar-refractivity contribution in [3.05, 3.63) is 18.2 Å². The molecule has 0 saturated heterocycles. The minimum Gasteiger partial charge on any atom is -0.406 e. The summed E-state index contributed by atoms with van der Waals surface area (Å²) in [7, 11) is 0. The molecule has 0 unspecified atom stereocenters. The molecule has 0 spiro atoms. The summed E-state index contributed by atoms with van der Waals surface area (Å²) in [6, 6.07) is 3.70. The molecule has 4 N–H and O–H groups in total. The summed E-state index contributed by atoms with van der Waals surface area (Å²) >= 11 is 1.000. The van der Waals surface area contributed by atoms with Gasteiger partial charge in [-0.1, -0.05) is 11.3 Å². The van der Waals surface area contributed by atoms with Gasteiger partial charge < -0.3 is 21.1 Å². The number of rotatable bonds is 6. The van der Waals surface area contributed by atoms with Crippen molar-refractivity contribution < 1.29 is 27.5 Å². The highest BCUT2D eigenvalue weighted by atomic mass is 32.1. The van der Waals surface area contributed by atoms with Crippen molar-refractivity contribution in [3.63, 3.8) is 0 Å². The minimum atomic E-state index is -4.78. The van der Waals surface area contributed by atoms with Gasteiger partial charge in [-0.15, -0.1) is 13.2 Å². The van der Waals surface area contributed by atoms with E-state index in [0.29, 0.717) is 10.2 Å². The van der Waals surface area contributed by atoms with Gasteiger partial charge in [-0.2, -0.15) is 0 Å². The van der Waals surface area contributed by atoms with E-state index in [1.165, 1.54) is 12.1 Å². The Morgan fingerprint density at radius 1 is 1.30 bits per heavy atom. The maximum absolute atomic E-state index is 12.3. The Hall–Kier alpha value is -2.40. The summed E-state index contributed by atoms with van der Waals surface area (Å²) in [6.45, 7) is -0.243. The zero-order chi connectivity index (χ0) is 19.7. The van der Waals surface area contributed by atoms with E-state index in [1.54, 1.807) is 0 Å². The summed E-state index contributed by atoms with van der Waals surface area (Å²) in [4.78, 5) is 27.9. The Balaban J connectivity index is 1.54. The van der Waals surface area contributed by atoms with E-state index >= 15 is 0 Å². The largest absolute Gasteiger partial charge is 0.573 e. The van der Waals surface area contributed by atoms with Crippen LogP contribution in [-0.2, 0) is 9.59 Å². The molecule has 3 rings (SSSR count). The van der Waals surface area contributed by atoms with Crippen LogP contribution in [-0.4, -0.2) is 35.2 Å². The van der Waals surface area contributed by atoms with E-state index in [9.17, 15) is 22.8 Å². The number of hydrogen-bond acceptors (Lipinski definition) is 6. The maximum atomic E-state index is 12.3. The Labute approximate surface area is 156 Å². The Morgan fingerprint density at radius 2 is 2.04 bits per heavy atom. The summed E-state index contributed by atoms with van der Waals surface area (Å²) in [5.41, 5.74) is 5.93. The second kappa shape index (κ2) is 7.31. The van der Waals surface area contributed by atoms with Crippen molar-refractivity contribution in [2.75, 3.05) is 11.9 Å². The van der Waals surface area contributed by atoms with Crippen LogP contribution in [0.2, 0.25) is 0 Å². The van der Waals surface area contributed by atoms with E-state index in [4.69, 9.17) is 5.73 Å². The number of nitrogens with zero attached hydrogens (tertiary/aromatic N) is 1. The molecule has 1 fully saturated rings. The fourth-order valence-electron chi connectivity index (χ4n) is 2.69. The monoisotopic (exact) mass is 402 g/mol. The van der Waals surface area contributed by atoms with Crippen molar-refractivity contribution >= 4 is 38.5 Å². The van der Waals surface area contributed by atoms with Crippen molar-refractivity contribution in [1.29, 1.82) is 0 Å². The quantitative estimate of drug-likeness (QED) is 0.688. The zero-order valence-electron chi connectivity index (χ0n) is 14.1. The molecular formula is C16H17F3N4O3S. The zero-order valence-corrected chi connectivity index (χ0v) is 14.9. The molecule has 1 aliphatic carbocycles. The van der Waals surface area contributed by atoms with Gasteiger partial charge >= 0.3 is 6.36 Å². The molecule has 1 aliphatic rings. The minimum absolute atomic E-state index is 0.170. The average Bonchev–Trinajstić information content (AvgIpc) is 2.91. The maximum Gasteiger partial charge on any atom is 0.573 e. The van der Waals surface area contributed by atoms with E-state index < -0.39 is 17.8 Å².